The van der Waals surface area contributed by atoms with E-state index in [2.05, 4.69) is 6.92 Å². The van der Waals surface area contributed by atoms with Gasteiger partial charge in [0.2, 0.25) is 0 Å². The van der Waals surface area contributed by atoms with Crippen LogP contribution in [-0.2, 0) is 10.1 Å². The standard InChI is InChI=1S/C7H16O3S.Pb.2H/c1-2-3-4-5-6-7-11(8,9)10;;;/h2-7H2,1H3,(H,8,9,10);;;. The quantitative estimate of drug-likeness (QED) is 0.418. The second-order valence-corrected chi connectivity index (χ2v) is 4.27. The zero-order chi connectivity index (χ0) is 8.74. The third-order valence-electron chi connectivity index (χ3n) is 1.51. The van der Waals surface area contributed by atoms with Crippen molar-refractivity contribution in [2.75, 3.05) is 5.75 Å². The van der Waals surface area contributed by atoms with Gasteiger partial charge >= 0.3 is 27.3 Å². The van der Waals surface area contributed by atoms with Crippen molar-refractivity contribution in [3.05, 3.63) is 0 Å². The average molecular weight is 389 g/mol. The van der Waals surface area contributed by atoms with E-state index in [1.807, 2.05) is 0 Å². The minimum absolute atomic E-state index is 0. The number of hydrogen-bond donors (Lipinski definition) is 1. The molecule has 1 N–H and O–H groups in total. The van der Waals surface area contributed by atoms with Gasteiger partial charge in [-0.15, -0.1) is 0 Å². The molecule has 0 heterocycles. The number of rotatable bonds is 6. The normalized spacial score (nSPS) is 10.8. The Morgan fingerprint density at radius 3 is 2.00 bits per heavy atom. The summed E-state index contributed by atoms with van der Waals surface area (Å²) >= 11 is 0. The van der Waals surface area contributed by atoms with Gasteiger partial charge in [-0.2, -0.15) is 8.42 Å². The molecule has 0 atom stereocenters. The number of unbranched alkanes of at least 4 members (excludes halogenated alkanes) is 4. The fourth-order valence-electron chi connectivity index (χ4n) is 0.888. The van der Waals surface area contributed by atoms with Crippen LogP contribution in [0.3, 0.4) is 0 Å². The first-order chi connectivity index (χ1) is 5.06. The van der Waals surface area contributed by atoms with E-state index in [1.165, 1.54) is 0 Å². The molecule has 12 heavy (non-hydrogen) atoms. The second kappa shape index (κ2) is 8.43. The Bertz CT molecular complexity index is 177. The molecule has 2 radical (unpaired) electrons. The molecule has 0 aromatic rings. The predicted octanol–water partition coefficient (Wildman–Crippen LogP) is 0.928. The maximum atomic E-state index is 10.2. The molecule has 0 aromatic heterocycles. The van der Waals surface area contributed by atoms with Crippen LogP contribution < -0.4 is 0 Å². The minimum atomic E-state index is -3.71. The van der Waals surface area contributed by atoms with Crippen LogP contribution in [-0.4, -0.2) is 46.0 Å². The fraction of sp³-hybridized carbons (Fsp3) is 1.00. The van der Waals surface area contributed by atoms with Crippen molar-refractivity contribution in [2.24, 2.45) is 0 Å². The molecule has 74 valence electrons. The van der Waals surface area contributed by atoms with Gasteiger partial charge in [0.15, 0.2) is 0 Å². The molecule has 0 saturated carbocycles. The van der Waals surface area contributed by atoms with Crippen molar-refractivity contribution >= 4 is 37.4 Å². The van der Waals surface area contributed by atoms with Gasteiger partial charge in [0, 0.05) is 0 Å². The van der Waals surface area contributed by atoms with Crippen molar-refractivity contribution in [3.63, 3.8) is 0 Å². The third kappa shape index (κ3) is 13.4. The van der Waals surface area contributed by atoms with Crippen molar-refractivity contribution in [1.29, 1.82) is 0 Å². The summed E-state index contributed by atoms with van der Waals surface area (Å²) in [7, 11) is -3.71. The zero-order valence-corrected chi connectivity index (χ0v) is 13.9. The van der Waals surface area contributed by atoms with E-state index in [-0.39, 0.29) is 33.1 Å². The Balaban J connectivity index is 0. The van der Waals surface area contributed by atoms with Crippen LogP contribution in [0.15, 0.2) is 0 Å². The Labute approximate surface area is 94.8 Å². The molecule has 3 nitrogen and oxygen atoms in total. The van der Waals surface area contributed by atoms with Crippen LogP contribution in [0.2, 0.25) is 0 Å². The number of hydrogen-bond acceptors (Lipinski definition) is 2. The van der Waals surface area contributed by atoms with E-state index >= 15 is 0 Å². The van der Waals surface area contributed by atoms with Gasteiger partial charge in [0.1, 0.15) is 0 Å². The first-order valence-corrected chi connectivity index (χ1v) is 5.62. The molecule has 0 saturated heterocycles. The molecule has 0 fully saturated rings. The first kappa shape index (κ1) is 15.3. The van der Waals surface area contributed by atoms with Gasteiger partial charge in [-0.1, -0.05) is 32.6 Å². The monoisotopic (exact) mass is 390 g/mol. The molecule has 0 aliphatic carbocycles. The second-order valence-electron chi connectivity index (χ2n) is 2.70. The van der Waals surface area contributed by atoms with Gasteiger partial charge in [0.05, 0.1) is 5.75 Å². The van der Waals surface area contributed by atoms with E-state index in [1.54, 1.807) is 0 Å². The van der Waals surface area contributed by atoms with Crippen LogP contribution in [0.4, 0.5) is 0 Å². The maximum absolute atomic E-state index is 10.2. The topological polar surface area (TPSA) is 54.4 Å². The van der Waals surface area contributed by atoms with E-state index in [4.69, 9.17) is 4.55 Å². The van der Waals surface area contributed by atoms with Crippen LogP contribution in [0, 0.1) is 0 Å². The van der Waals surface area contributed by atoms with Crippen LogP contribution in [0.25, 0.3) is 0 Å². The molecular formula is C7H18O3PbS. The van der Waals surface area contributed by atoms with Gasteiger partial charge in [-0.05, 0) is 6.42 Å². The Kier molecular flexibility index (Phi) is 10.8. The SMILES string of the molecule is CCCCCCCS(=O)(=O)O.[PbH2]. The van der Waals surface area contributed by atoms with Gasteiger partial charge < -0.3 is 0 Å². The van der Waals surface area contributed by atoms with E-state index < -0.39 is 10.1 Å². The summed E-state index contributed by atoms with van der Waals surface area (Å²) in [5.41, 5.74) is 0. The Hall–Kier alpha value is 0.832. The van der Waals surface area contributed by atoms with Crippen molar-refractivity contribution in [1.82, 2.24) is 0 Å². The molecule has 0 rings (SSSR count). The van der Waals surface area contributed by atoms with Crippen molar-refractivity contribution in [3.8, 4) is 0 Å². The molecule has 0 aliphatic heterocycles. The molecule has 0 bridgehead atoms. The van der Waals surface area contributed by atoms with Crippen molar-refractivity contribution < 1.29 is 13.0 Å². The zero-order valence-electron chi connectivity index (χ0n) is 7.62. The first-order valence-electron chi connectivity index (χ1n) is 4.01. The van der Waals surface area contributed by atoms with E-state index in [0.29, 0.717) is 6.42 Å². The van der Waals surface area contributed by atoms with Gasteiger partial charge in [-0.25, -0.2) is 0 Å². The van der Waals surface area contributed by atoms with E-state index in [9.17, 15) is 8.42 Å². The summed E-state index contributed by atoms with van der Waals surface area (Å²) in [6.45, 7) is 2.10. The molecule has 0 aromatic carbocycles. The molecule has 0 aliphatic rings. The fourth-order valence-corrected chi connectivity index (χ4v) is 1.46. The Morgan fingerprint density at radius 2 is 1.58 bits per heavy atom. The Morgan fingerprint density at radius 1 is 1.08 bits per heavy atom. The molecule has 5 heteroatoms. The summed E-state index contributed by atoms with van der Waals surface area (Å²) in [4.78, 5) is 0. The summed E-state index contributed by atoms with van der Waals surface area (Å²) in [6.07, 6.45) is 4.83. The van der Waals surface area contributed by atoms with Gasteiger partial charge in [0.25, 0.3) is 10.1 Å². The molecule has 0 spiro atoms. The van der Waals surface area contributed by atoms with Crippen LogP contribution in [0.5, 0.6) is 0 Å². The van der Waals surface area contributed by atoms with E-state index in [0.717, 1.165) is 25.7 Å². The summed E-state index contributed by atoms with van der Waals surface area (Å²) in [5, 5.41) is 0. The van der Waals surface area contributed by atoms with Crippen LogP contribution >= 0.6 is 0 Å². The molecule has 0 unspecified atom stereocenters. The van der Waals surface area contributed by atoms with Gasteiger partial charge in [-0.3, -0.25) is 4.55 Å². The van der Waals surface area contributed by atoms with Crippen LogP contribution in [0.1, 0.15) is 39.0 Å². The predicted molar refractivity (Wildman–Crippen MR) is 53.7 cm³/mol. The average Bonchev–Trinajstić information content (AvgIpc) is 1.85. The summed E-state index contributed by atoms with van der Waals surface area (Å²) in [5.74, 6) is -0.0866. The molecule has 0 amide bonds. The summed E-state index contributed by atoms with van der Waals surface area (Å²) < 4.78 is 28.8. The summed E-state index contributed by atoms with van der Waals surface area (Å²) in [6, 6.07) is 0. The third-order valence-corrected chi connectivity index (χ3v) is 2.31. The molecular weight excluding hydrogens is 371 g/mol. The van der Waals surface area contributed by atoms with Crippen molar-refractivity contribution in [2.45, 2.75) is 39.0 Å².